The van der Waals surface area contributed by atoms with E-state index in [1.807, 2.05) is 0 Å². The summed E-state index contributed by atoms with van der Waals surface area (Å²) in [7, 11) is 1.75. The molecular weight excluding hydrogens is 260 g/mol. The van der Waals surface area contributed by atoms with Crippen molar-refractivity contribution in [2.45, 2.75) is 32.2 Å². The van der Waals surface area contributed by atoms with E-state index in [2.05, 4.69) is 34.5 Å². The van der Waals surface area contributed by atoms with Crippen LogP contribution in [0.15, 0.2) is 24.3 Å². The fourth-order valence-corrected chi connectivity index (χ4v) is 2.86. The SMILES string of the molecule is COCCNCc1ccccc1N(CC1CC1)CC1CC1. The van der Waals surface area contributed by atoms with Gasteiger partial charge in [-0.25, -0.2) is 0 Å². The molecule has 0 unspecified atom stereocenters. The fraction of sp³-hybridized carbons (Fsp3) is 0.667. The number of hydrogen-bond acceptors (Lipinski definition) is 3. The summed E-state index contributed by atoms with van der Waals surface area (Å²) in [6.45, 7) is 5.13. The summed E-state index contributed by atoms with van der Waals surface area (Å²) in [5, 5.41) is 3.48. The molecule has 1 N–H and O–H groups in total. The minimum Gasteiger partial charge on any atom is -0.383 e. The van der Waals surface area contributed by atoms with E-state index in [1.165, 1.54) is 50.0 Å². The van der Waals surface area contributed by atoms with E-state index in [1.54, 1.807) is 7.11 Å². The Morgan fingerprint density at radius 3 is 2.38 bits per heavy atom. The van der Waals surface area contributed by atoms with Crippen molar-refractivity contribution in [2.24, 2.45) is 11.8 Å². The van der Waals surface area contributed by atoms with Gasteiger partial charge in [0.05, 0.1) is 6.61 Å². The van der Waals surface area contributed by atoms with Gasteiger partial charge in [-0.05, 0) is 49.1 Å². The number of methoxy groups -OCH3 is 1. The quantitative estimate of drug-likeness (QED) is 0.670. The van der Waals surface area contributed by atoms with Crippen LogP contribution in [0, 0.1) is 11.8 Å². The Morgan fingerprint density at radius 2 is 1.76 bits per heavy atom. The lowest BCUT2D eigenvalue weighted by Gasteiger charge is -2.27. The summed E-state index contributed by atoms with van der Waals surface area (Å²) in [6.07, 6.45) is 5.70. The molecule has 0 aliphatic heterocycles. The molecule has 0 spiro atoms. The number of anilines is 1. The molecular formula is C18H28N2O. The summed E-state index contributed by atoms with van der Waals surface area (Å²) >= 11 is 0. The van der Waals surface area contributed by atoms with Gasteiger partial charge in [0, 0.05) is 39.0 Å². The molecule has 0 heterocycles. The maximum absolute atomic E-state index is 5.11. The minimum atomic E-state index is 0.774. The third kappa shape index (κ3) is 4.72. The molecule has 3 nitrogen and oxygen atoms in total. The predicted octanol–water partition coefficient (Wildman–Crippen LogP) is 3.05. The van der Waals surface area contributed by atoms with Crippen LogP contribution >= 0.6 is 0 Å². The average Bonchev–Trinajstić information content (AvgIpc) is 3.39. The van der Waals surface area contributed by atoms with Gasteiger partial charge < -0.3 is 15.0 Å². The summed E-state index contributed by atoms with van der Waals surface area (Å²) in [5.74, 6) is 1.89. The molecule has 0 radical (unpaired) electrons. The number of benzene rings is 1. The summed E-state index contributed by atoms with van der Waals surface area (Å²) in [5.41, 5.74) is 2.87. The normalized spacial score (nSPS) is 18.0. The highest BCUT2D eigenvalue weighted by atomic mass is 16.5. The first-order valence-corrected chi connectivity index (χ1v) is 8.39. The second-order valence-electron chi connectivity index (χ2n) is 6.59. The molecule has 0 aromatic heterocycles. The summed E-state index contributed by atoms with van der Waals surface area (Å²) < 4.78 is 5.11. The van der Waals surface area contributed by atoms with E-state index in [0.717, 1.165) is 31.5 Å². The van der Waals surface area contributed by atoms with Gasteiger partial charge in [-0.3, -0.25) is 0 Å². The van der Waals surface area contributed by atoms with Gasteiger partial charge in [0.15, 0.2) is 0 Å². The van der Waals surface area contributed by atoms with Crippen molar-refractivity contribution in [1.29, 1.82) is 0 Å². The van der Waals surface area contributed by atoms with Gasteiger partial charge >= 0.3 is 0 Å². The zero-order chi connectivity index (χ0) is 14.5. The van der Waals surface area contributed by atoms with Crippen LogP contribution in [0.25, 0.3) is 0 Å². The van der Waals surface area contributed by atoms with Crippen molar-refractivity contribution in [3.8, 4) is 0 Å². The third-order valence-corrected chi connectivity index (χ3v) is 4.48. The van der Waals surface area contributed by atoms with Gasteiger partial charge in [-0.2, -0.15) is 0 Å². The number of ether oxygens (including phenoxy) is 1. The lowest BCUT2D eigenvalue weighted by Crippen LogP contribution is -2.30. The van der Waals surface area contributed by atoms with Crippen molar-refractivity contribution >= 4 is 5.69 Å². The molecule has 3 rings (SSSR count). The van der Waals surface area contributed by atoms with Gasteiger partial charge in [-0.15, -0.1) is 0 Å². The molecule has 21 heavy (non-hydrogen) atoms. The van der Waals surface area contributed by atoms with Crippen LogP contribution in [-0.2, 0) is 11.3 Å². The molecule has 2 fully saturated rings. The zero-order valence-electron chi connectivity index (χ0n) is 13.2. The topological polar surface area (TPSA) is 24.5 Å². The van der Waals surface area contributed by atoms with E-state index in [-0.39, 0.29) is 0 Å². The molecule has 0 amide bonds. The highest BCUT2D eigenvalue weighted by Gasteiger charge is 2.29. The number of hydrogen-bond donors (Lipinski definition) is 1. The number of rotatable bonds is 10. The molecule has 1 aromatic rings. The van der Waals surface area contributed by atoms with Gasteiger partial charge in [0.1, 0.15) is 0 Å². The van der Waals surface area contributed by atoms with Crippen LogP contribution in [-0.4, -0.2) is 33.4 Å². The van der Waals surface area contributed by atoms with Crippen LogP contribution in [0.3, 0.4) is 0 Å². The van der Waals surface area contributed by atoms with E-state index in [0.29, 0.717) is 0 Å². The first-order chi connectivity index (χ1) is 10.4. The highest BCUT2D eigenvalue weighted by molar-refractivity contribution is 5.54. The standard InChI is InChI=1S/C18H28N2O/c1-21-11-10-19-12-17-4-2-3-5-18(17)20(13-15-6-7-15)14-16-8-9-16/h2-5,15-16,19H,6-14H2,1H3. The van der Waals surface area contributed by atoms with Crippen molar-refractivity contribution in [2.75, 3.05) is 38.3 Å². The maximum atomic E-state index is 5.11. The second kappa shape index (κ2) is 7.28. The number of para-hydroxylation sites is 1. The Balaban J connectivity index is 1.64. The Labute approximate surface area is 128 Å². The van der Waals surface area contributed by atoms with Crippen molar-refractivity contribution in [1.82, 2.24) is 5.32 Å². The molecule has 3 heteroatoms. The van der Waals surface area contributed by atoms with Crippen molar-refractivity contribution in [3.63, 3.8) is 0 Å². The largest absolute Gasteiger partial charge is 0.383 e. The first-order valence-electron chi connectivity index (χ1n) is 8.39. The van der Waals surface area contributed by atoms with Gasteiger partial charge in [-0.1, -0.05) is 18.2 Å². The molecule has 2 saturated carbocycles. The Hall–Kier alpha value is -1.06. The van der Waals surface area contributed by atoms with Crippen molar-refractivity contribution in [3.05, 3.63) is 29.8 Å². The molecule has 0 atom stereocenters. The molecule has 2 aliphatic carbocycles. The lowest BCUT2D eigenvalue weighted by atomic mass is 10.1. The zero-order valence-corrected chi connectivity index (χ0v) is 13.2. The van der Waals surface area contributed by atoms with E-state index in [9.17, 15) is 0 Å². The monoisotopic (exact) mass is 288 g/mol. The average molecular weight is 288 g/mol. The molecule has 0 bridgehead atoms. The van der Waals surface area contributed by atoms with Crippen molar-refractivity contribution < 1.29 is 4.74 Å². The maximum Gasteiger partial charge on any atom is 0.0587 e. The second-order valence-corrected chi connectivity index (χ2v) is 6.59. The lowest BCUT2D eigenvalue weighted by molar-refractivity contribution is 0.199. The van der Waals surface area contributed by atoms with E-state index < -0.39 is 0 Å². The van der Waals surface area contributed by atoms with Gasteiger partial charge in [0.25, 0.3) is 0 Å². The molecule has 116 valence electrons. The summed E-state index contributed by atoms with van der Waals surface area (Å²) in [4.78, 5) is 2.66. The minimum absolute atomic E-state index is 0.774. The molecule has 1 aromatic carbocycles. The highest BCUT2D eigenvalue weighted by Crippen LogP contribution is 2.36. The Bertz CT molecular complexity index is 427. The molecule has 2 aliphatic rings. The third-order valence-electron chi connectivity index (χ3n) is 4.48. The molecule has 0 saturated heterocycles. The van der Waals surface area contributed by atoms with Crippen LogP contribution in [0.4, 0.5) is 5.69 Å². The van der Waals surface area contributed by atoms with E-state index in [4.69, 9.17) is 4.74 Å². The van der Waals surface area contributed by atoms with Crippen LogP contribution in [0.5, 0.6) is 0 Å². The number of nitrogens with zero attached hydrogens (tertiary/aromatic N) is 1. The Kier molecular flexibility index (Phi) is 5.15. The van der Waals surface area contributed by atoms with Crippen LogP contribution in [0.2, 0.25) is 0 Å². The van der Waals surface area contributed by atoms with Crippen LogP contribution in [0.1, 0.15) is 31.2 Å². The first kappa shape index (κ1) is 14.9. The summed E-state index contributed by atoms with van der Waals surface area (Å²) in [6, 6.07) is 8.91. The van der Waals surface area contributed by atoms with Gasteiger partial charge in [0.2, 0.25) is 0 Å². The fourth-order valence-electron chi connectivity index (χ4n) is 2.86. The number of nitrogens with one attached hydrogen (secondary N) is 1. The predicted molar refractivity (Wildman–Crippen MR) is 87.7 cm³/mol. The van der Waals surface area contributed by atoms with Crippen LogP contribution < -0.4 is 10.2 Å². The Morgan fingerprint density at radius 1 is 1.10 bits per heavy atom. The van der Waals surface area contributed by atoms with E-state index >= 15 is 0 Å². The smallest absolute Gasteiger partial charge is 0.0587 e.